The quantitative estimate of drug-likeness (QED) is 0.379. The van der Waals surface area contributed by atoms with Crippen molar-refractivity contribution in [3.63, 3.8) is 0 Å². The summed E-state index contributed by atoms with van der Waals surface area (Å²) in [6.07, 6.45) is 13.9. The summed E-state index contributed by atoms with van der Waals surface area (Å²) in [5.74, 6) is 3.19. The van der Waals surface area contributed by atoms with Crippen molar-refractivity contribution in [2.45, 2.75) is 126 Å². The van der Waals surface area contributed by atoms with E-state index in [2.05, 4.69) is 41.5 Å². The molecule has 0 aromatic carbocycles. The molecule has 2 nitrogen and oxygen atoms in total. The van der Waals surface area contributed by atoms with Gasteiger partial charge in [0.2, 0.25) is 0 Å². The second-order valence-corrected chi connectivity index (χ2v) is 12.1. The van der Waals surface area contributed by atoms with Gasteiger partial charge < -0.3 is 4.79 Å². The smallest absolute Gasteiger partial charge is 0.136 e. The van der Waals surface area contributed by atoms with Crippen molar-refractivity contribution >= 4 is 12.1 Å². The first-order valence-electron chi connectivity index (χ1n) is 13.6. The van der Waals surface area contributed by atoms with Crippen LogP contribution in [0.25, 0.3) is 0 Å². The van der Waals surface area contributed by atoms with Crippen LogP contribution in [0, 0.1) is 45.8 Å². The molecular weight excluding hydrogens is 380 g/mol. The van der Waals surface area contributed by atoms with E-state index in [1.54, 1.807) is 0 Å². The van der Waals surface area contributed by atoms with Crippen LogP contribution in [-0.2, 0) is 9.59 Å². The van der Waals surface area contributed by atoms with E-state index < -0.39 is 0 Å². The summed E-state index contributed by atoms with van der Waals surface area (Å²) in [5, 5.41) is 0. The van der Waals surface area contributed by atoms with Gasteiger partial charge in [0.25, 0.3) is 0 Å². The van der Waals surface area contributed by atoms with Gasteiger partial charge in [-0.25, -0.2) is 0 Å². The van der Waals surface area contributed by atoms with Crippen molar-refractivity contribution in [2.24, 2.45) is 45.8 Å². The van der Waals surface area contributed by atoms with E-state index in [1.807, 2.05) is 13.8 Å². The SMILES string of the molecule is CC.CCCC1(C=O)CCCC1C(C)CCC1C(C)(C)CCC2C(C)C(=O)CCC21C. The number of aldehydes is 1. The highest BCUT2D eigenvalue weighted by Crippen LogP contribution is 2.62. The van der Waals surface area contributed by atoms with E-state index in [1.165, 1.54) is 44.8 Å². The molecule has 0 saturated heterocycles. The van der Waals surface area contributed by atoms with Gasteiger partial charge in [0.05, 0.1) is 0 Å². The molecule has 3 fully saturated rings. The average molecular weight is 433 g/mol. The van der Waals surface area contributed by atoms with Gasteiger partial charge in [-0.2, -0.15) is 0 Å². The Hall–Kier alpha value is -0.660. The molecule has 0 amide bonds. The Balaban J connectivity index is 0.00000166. The van der Waals surface area contributed by atoms with E-state index in [0.29, 0.717) is 40.3 Å². The summed E-state index contributed by atoms with van der Waals surface area (Å²) in [5.41, 5.74) is 0.607. The average Bonchev–Trinajstić information content (AvgIpc) is 3.16. The molecule has 31 heavy (non-hydrogen) atoms. The summed E-state index contributed by atoms with van der Waals surface area (Å²) in [6.45, 7) is 18.3. The minimum Gasteiger partial charge on any atom is -0.303 e. The maximum absolute atomic E-state index is 12.4. The van der Waals surface area contributed by atoms with Crippen LogP contribution in [0.4, 0.5) is 0 Å². The Morgan fingerprint density at radius 2 is 1.77 bits per heavy atom. The monoisotopic (exact) mass is 432 g/mol. The molecule has 0 aliphatic heterocycles. The highest BCUT2D eigenvalue weighted by Gasteiger charge is 2.55. The number of fused-ring (bicyclic) bond motifs is 1. The van der Waals surface area contributed by atoms with Gasteiger partial charge in [0.15, 0.2) is 0 Å². The number of ketones is 1. The van der Waals surface area contributed by atoms with Crippen LogP contribution in [0.2, 0.25) is 0 Å². The number of rotatable bonds is 7. The number of hydrogen-bond acceptors (Lipinski definition) is 2. The lowest BCUT2D eigenvalue weighted by Crippen LogP contribution is -2.53. The molecule has 0 aromatic rings. The van der Waals surface area contributed by atoms with Crippen LogP contribution in [0.5, 0.6) is 0 Å². The van der Waals surface area contributed by atoms with Gasteiger partial charge in [0.1, 0.15) is 12.1 Å². The van der Waals surface area contributed by atoms with E-state index in [-0.39, 0.29) is 11.3 Å². The third-order valence-electron chi connectivity index (χ3n) is 10.2. The van der Waals surface area contributed by atoms with Gasteiger partial charge in [-0.15, -0.1) is 0 Å². The lowest BCUT2D eigenvalue weighted by molar-refractivity contribution is -0.144. The summed E-state index contributed by atoms with van der Waals surface area (Å²) < 4.78 is 0. The van der Waals surface area contributed by atoms with Crippen LogP contribution < -0.4 is 0 Å². The summed E-state index contributed by atoms with van der Waals surface area (Å²) in [6, 6.07) is 0. The Labute approximate surface area is 193 Å². The van der Waals surface area contributed by atoms with E-state index in [9.17, 15) is 9.59 Å². The number of carbonyl (C=O) groups excluding carboxylic acids is 2. The van der Waals surface area contributed by atoms with Crippen molar-refractivity contribution in [1.29, 1.82) is 0 Å². The Morgan fingerprint density at radius 1 is 1.10 bits per heavy atom. The zero-order valence-corrected chi connectivity index (χ0v) is 22.1. The van der Waals surface area contributed by atoms with Crippen molar-refractivity contribution in [2.75, 3.05) is 0 Å². The molecule has 0 radical (unpaired) electrons. The largest absolute Gasteiger partial charge is 0.303 e. The summed E-state index contributed by atoms with van der Waals surface area (Å²) in [7, 11) is 0. The first-order valence-corrected chi connectivity index (χ1v) is 13.6. The number of hydrogen-bond donors (Lipinski definition) is 0. The number of Topliss-reactive ketones (excluding diaryl/α,β-unsaturated/α-hetero) is 1. The molecule has 2 heteroatoms. The third-order valence-corrected chi connectivity index (χ3v) is 10.2. The molecular formula is C29H52O2. The van der Waals surface area contributed by atoms with E-state index in [4.69, 9.17) is 0 Å². The molecule has 0 heterocycles. The first kappa shape index (κ1) is 26.6. The highest BCUT2D eigenvalue weighted by molar-refractivity contribution is 5.82. The van der Waals surface area contributed by atoms with Crippen LogP contribution in [0.3, 0.4) is 0 Å². The van der Waals surface area contributed by atoms with Gasteiger partial charge in [-0.05, 0) is 79.4 Å². The number of carbonyl (C=O) groups is 2. The predicted molar refractivity (Wildman–Crippen MR) is 132 cm³/mol. The van der Waals surface area contributed by atoms with Crippen molar-refractivity contribution < 1.29 is 9.59 Å². The molecule has 0 bridgehead atoms. The maximum atomic E-state index is 12.4. The molecule has 0 N–H and O–H groups in total. The molecule has 7 atom stereocenters. The fourth-order valence-corrected chi connectivity index (χ4v) is 8.52. The fourth-order valence-electron chi connectivity index (χ4n) is 8.52. The van der Waals surface area contributed by atoms with E-state index in [0.717, 1.165) is 32.1 Å². The zero-order valence-electron chi connectivity index (χ0n) is 22.1. The standard InChI is InChI=1S/C27H46O2.C2H6/c1-7-14-27(18-28)15-8-9-21(27)19(2)10-11-24-25(4,5)16-12-22-20(3)23(29)13-17-26(22,24)6;1-2/h18-22,24H,7-17H2,1-6H3;1-2H3. The lowest BCUT2D eigenvalue weighted by atomic mass is 9.45. The molecule has 3 aliphatic carbocycles. The van der Waals surface area contributed by atoms with Gasteiger partial charge >= 0.3 is 0 Å². The van der Waals surface area contributed by atoms with Crippen LogP contribution in [-0.4, -0.2) is 12.1 Å². The topological polar surface area (TPSA) is 34.1 Å². The minimum absolute atomic E-state index is 0.0472. The molecule has 3 aliphatic rings. The van der Waals surface area contributed by atoms with Gasteiger partial charge in [0, 0.05) is 17.8 Å². The molecule has 180 valence electrons. The van der Waals surface area contributed by atoms with E-state index >= 15 is 0 Å². The van der Waals surface area contributed by atoms with Crippen molar-refractivity contribution in [3.8, 4) is 0 Å². The molecule has 3 saturated carbocycles. The summed E-state index contributed by atoms with van der Waals surface area (Å²) in [4.78, 5) is 24.5. The van der Waals surface area contributed by atoms with Crippen LogP contribution in [0.15, 0.2) is 0 Å². The van der Waals surface area contributed by atoms with Crippen LogP contribution in [0.1, 0.15) is 126 Å². The Morgan fingerprint density at radius 3 is 2.39 bits per heavy atom. The maximum Gasteiger partial charge on any atom is 0.136 e. The van der Waals surface area contributed by atoms with Crippen molar-refractivity contribution in [1.82, 2.24) is 0 Å². The van der Waals surface area contributed by atoms with Crippen molar-refractivity contribution in [3.05, 3.63) is 0 Å². The van der Waals surface area contributed by atoms with Gasteiger partial charge in [-0.1, -0.05) is 74.7 Å². The molecule has 3 rings (SSSR count). The molecule has 0 aromatic heterocycles. The predicted octanol–water partition coefficient (Wildman–Crippen LogP) is 8.27. The molecule has 7 unspecified atom stereocenters. The summed E-state index contributed by atoms with van der Waals surface area (Å²) >= 11 is 0. The fraction of sp³-hybridized carbons (Fsp3) is 0.931. The third kappa shape index (κ3) is 4.98. The normalized spacial score (nSPS) is 40.5. The van der Waals surface area contributed by atoms with Gasteiger partial charge in [-0.3, -0.25) is 4.79 Å². The first-order chi connectivity index (χ1) is 14.6. The Kier molecular flexibility index (Phi) is 9.02. The molecule has 0 spiro atoms. The Bertz CT molecular complexity index is 608. The lowest BCUT2D eigenvalue weighted by Gasteiger charge is -2.59. The minimum atomic E-state index is -0.0472. The van der Waals surface area contributed by atoms with Crippen LogP contribution >= 0.6 is 0 Å². The second kappa shape index (κ2) is 10.5. The zero-order chi connectivity index (χ0) is 23.4. The highest BCUT2D eigenvalue weighted by atomic mass is 16.1. The second-order valence-electron chi connectivity index (χ2n) is 12.1.